The van der Waals surface area contributed by atoms with E-state index in [1.807, 2.05) is 18.2 Å². The van der Waals surface area contributed by atoms with Crippen molar-refractivity contribution in [1.29, 1.82) is 0 Å². The molecule has 0 saturated heterocycles. The maximum atomic E-state index is 11.8. The highest BCUT2D eigenvalue weighted by atomic mass is 35.5. The van der Waals surface area contributed by atoms with Crippen LogP contribution >= 0.6 is 23.2 Å². The van der Waals surface area contributed by atoms with Crippen LogP contribution in [0.3, 0.4) is 0 Å². The standard InChI is InChI=1S/C21H19Cl2NO2/c22-12-6-7-13(16(23)9-12)20-18-11-5-4-10(8-11)17(18)14-2-1-3-15(21(25)26)19(14)24-20/h1-3,6-7,9-11,17-18,20,24H,4-5,8H2,(H,25,26). The minimum absolute atomic E-state index is 0.0214. The summed E-state index contributed by atoms with van der Waals surface area (Å²) < 4.78 is 0. The zero-order valence-corrected chi connectivity index (χ0v) is 15.6. The molecule has 26 heavy (non-hydrogen) atoms. The van der Waals surface area contributed by atoms with E-state index in [9.17, 15) is 9.90 Å². The molecule has 5 rings (SSSR count). The molecule has 0 spiro atoms. The Labute approximate surface area is 162 Å². The number of halogens is 2. The number of para-hydroxylation sites is 1. The van der Waals surface area contributed by atoms with Crippen LogP contribution in [-0.2, 0) is 0 Å². The number of carboxylic acids is 1. The Morgan fingerprint density at radius 2 is 1.88 bits per heavy atom. The van der Waals surface area contributed by atoms with Gasteiger partial charge in [-0.2, -0.15) is 0 Å². The summed E-state index contributed by atoms with van der Waals surface area (Å²) in [5.41, 5.74) is 3.30. The molecule has 2 aromatic rings. The highest BCUT2D eigenvalue weighted by Crippen LogP contribution is 2.64. The number of benzene rings is 2. The van der Waals surface area contributed by atoms with Gasteiger partial charge in [0.25, 0.3) is 0 Å². The molecule has 0 aromatic heterocycles. The van der Waals surface area contributed by atoms with Crippen LogP contribution in [0.15, 0.2) is 36.4 Å². The van der Waals surface area contributed by atoms with E-state index in [1.54, 1.807) is 12.1 Å². The van der Waals surface area contributed by atoms with Gasteiger partial charge in [0.05, 0.1) is 17.3 Å². The van der Waals surface area contributed by atoms with E-state index in [0.29, 0.717) is 39.3 Å². The summed E-state index contributed by atoms with van der Waals surface area (Å²) in [6.07, 6.45) is 3.72. The van der Waals surface area contributed by atoms with Gasteiger partial charge >= 0.3 is 5.97 Å². The van der Waals surface area contributed by atoms with E-state index in [0.717, 1.165) is 11.3 Å². The van der Waals surface area contributed by atoms with Gasteiger partial charge in [0, 0.05) is 10.0 Å². The van der Waals surface area contributed by atoms with Crippen molar-refractivity contribution in [2.24, 2.45) is 17.8 Å². The Morgan fingerprint density at radius 1 is 1.08 bits per heavy atom. The van der Waals surface area contributed by atoms with Crippen LogP contribution in [0, 0.1) is 17.8 Å². The van der Waals surface area contributed by atoms with Gasteiger partial charge in [-0.3, -0.25) is 0 Å². The second-order valence-electron chi connectivity index (χ2n) is 7.80. The molecule has 1 heterocycles. The molecule has 2 saturated carbocycles. The van der Waals surface area contributed by atoms with Crippen molar-refractivity contribution in [3.8, 4) is 0 Å². The van der Waals surface area contributed by atoms with Crippen molar-refractivity contribution >= 4 is 34.9 Å². The van der Waals surface area contributed by atoms with Crippen molar-refractivity contribution < 1.29 is 9.90 Å². The van der Waals surface area contributed by atoms with Crippen LogP contribution in [0.25, 0.3) is 0 Å². The van der Waals surface area contributed by atoms with Gasteiger partial charge in [0.1, 0.15) is 0 Å². The highest BCUT2D eigenvalue weighted by molar-refractivity contribution is 6.35. The van der Waals surface area contributed by atoms with Gasteiger partial charge in [-0.15, -0.1) is 0 Å². The van der Waals surface area contributed by atoms with E-state index in [-0.39, 0.29) is 6.04 Å². The number of hydrogen-bond acceptors (Lipinski definition) is 2. The third-order valence-electron chi connectivity index (χ3n) is 6.65. The number of fused-ring (bicyclic) bond motifs is 7. The predicted octanol–water partition coefficient (Wildman–Crippen LogP) is 5.99. The lowest BCUT2D eigenvalue weighted by Gasteiger charge is -2.44. The topological polar surface area (TPSA) is 49.3 Å². The van der Waals surface area contributed by atoms with Crippen LogP contribution < -0.4 is 5.32 Å². The Hall–Kier alpha value is -1.71. The predicted molar refractivity (Wildman–Crippen MR) is 103 cm³/mol. The highest BCUT2D eigenvalue weighted by Gasteiger charge is 2.54. The van der Waals surface area contributed by atoms with Crippen molar-refractivity contribution in [2.45, 2.75) is 31.2 Å². The third kappa shape index (κ3) is 2.30. The molecule has 3 aliphatic rings. The van der Waals surface area contributed by atoms with Crippen LogP contribution in [0.5, 0.6) is 0 Å². The SMILES string of the molecule is O=C(O)c1cccc2c1NC(c1ccc(Cl)cc1Cl)C1C3CCC(C3)C21. The van der Waals surface area contributed by atoms with E-state index < -0.39 is 5.97 Å². The molecule has 2 aromatic carbocycles. The van der Waals surface area contributed by atoms with Crippen molar-refractivity contribution in [2.75, 3.05) is 5.32 Å². The van der Waals surface area contributed by atoms with Gasteiger partial charge in [-0.05, 0) is 72.3 Å². The number of anilines is 1. The lowest BCUT2D eigenvalue weighted by Crippen LogP contribution is -2.36. The molecule has 2 aliphatic carbocycles. The normalized spacial score (nSPS) is 31.2. The van der Waals surface area contributed by atoms with Crippen LogP contribution in [0.4, 0.5) is 5.69 Å². The molecule has 2 fully saturated rings. The van der Waals surface area contributed by atoms with E-state index in [1.165, 1.54) is 24.8 Å². The summed E-state index contributed by atoms with van der Waals surface area (Å²) in [5, 5.41) is 14.5. The quantitative estimate of drug-likeness (QED) is 0.665. The minimum Gasteiger partial charge on any atom is -0.478 e. The maximum Gasteiger partial charge on any atom is 0.337 e. The number of hydrogen-bond donors (Lipinski definition) is 2. The Kier molecular flexibility index (Phi) is 3.74. The van der Waals surface area contributed by atoms with Gasteiger partial charge in [0.15, 0.2) is 0 Å². The zero-order valence-electron chi connectivity index (χ0n) is 14.1. The first-order valence-corrected chi connectivity index (χ1v) is 9.88. The third-order valence-corrected chi connectivity index (χ3v) is 7.21. The molecule has 5 heteroatoms. The molecule has 2 N–H and O–H groups in total. The average Bonchev–Trinajstić information content (AvgIpc) is 3.23. The largest absolute Gasteiger partial charge is 0.478 e. The fraction of sp³-hybridized carbons (Fsp3) is 0.381. The lowest BCUT2D eigenvalue weighted by atomic mass is 9.67. The van der Waals surface area contributed by atoms with Gasteiger partial charge in [-0.1, -0.05) is 41.4 Å². The molecule has 1 aliphatic heterocycles. The van der Waals surface area contributed by atoms with E-state index >= 15 is 0 Å². The molecule has 0 radical (unpaired) electrons. The maximum absolute atomic E-state index is 11.8. The van der Waals surface area contributed by atoms with Crippen LogP contribution in [0.2, 0.25) is 10.0 Å². The molecular weight excluding hydrogens is 369 g/mol. The second-order valence-corrected chi connectivity index (χ2v) is 8.64. The summed E-state index contributed by atoms with van der Waals surface area (Å²) in [7, 11) is 0. The summed E-state index contributed by atoms with van der Waals surface area (Å²) >= 11 is 12.6. The van der Waals surface area contributed by atoms with Gasteiger partial charge < -0.3 is 10.4 Å². The number of carbonyl (C=O) groups is 1. The molecule has 5 unspecified atom stereocenters. The first-order chi connectivity index (χ1) is 12.5. The molecule has 134 valence electrons. The summed E-state index contributed by atoms with van der Waals surface area (Å²) in [6.45, 7) is 0. The van der Waals surface area contributed by atoms with Crippen molar-refractivity contribution in [3.05, 3.63) is 63.1 Å². The average molecular weight is 388 g/mol. The molecular formula is C21H19Cl2NO2. The Morgan fingerprint density at radius 3 is 2.65 bits per heavy atom. The molecule has 2 bridgehead atoms. The summed E-state index contributed by atoms with van der Waals surface area (Å²) in [6, 6.07) is 11.3. The Balaban J connectivity index is 1.69. The van der Waals surface area contributed by atoms with Crippen LogP contribution in [0.1, 0.15) is 52.7 Å². The molecule has 0 amide bonds. The minimum atomic E-state index is -0.892. The number of carboxylic acid groups (broad SMARTS) is 1. The monoisotopic (exact) mass is 387 g/mol. The molecule has 5 atom stereocenters. The molecule has 3 nitrogen and oxygen atoms in total. The second kappa shape index (κ2) is 5.90. The zero-order chi connectivity index (χ0) is 18.0. The number of rotatable bonds is 2. The summed E-state index contributed by atoms with van der Waals surface area (Å²) in [5.74, 6) is 1.27. The first kappa shape index (κ1) is 16.5. The lowest BCUT2D eigenvalue weighted by molar-refractivity contribution is 0.0697. The fourth-order valence-corrected chi connectivity index (χ4v) is 6.28. The van der Waals surface area contributed by atoms with Gasteiger partial charge in [-0.25, -0.2) is 4.79 Å². The number of aromatic carboxylic acids is 1. The van der Waals surface area contributed by atoms with E-state index in [4.69, 9.17) is 23.2 Å². The smallest absolute Gasteiger partial charge is 0.337 e. The van der Waals surface area contributed by atoms with Gasteiger partial charge in [0.2, 0.25) is 0 Å². The Bertz CT molecular complexity index is 913. The van der Waals surface area contributed by atoms with E-state index in [2.05, 4.69) is 11.4 Å². The summed E-state index contributed by atoms with van der Waals surface area (Å²) in [4.78, 5) is 11.8. The van der Waals surface area contributed by atoms with Crippen molar-refractivity contribution in [3.63, 3.8) is 0 Å². The van der Waals surface area contributed by atoms with Crippen molar-refractivity contribution in [1.82, 2.24) is 0 Å². The van der Waals surface area contributed by atoms with Crippen LogP contribution in [-0.4, -0.2) is 11.1 Å². The first-order valence-electron chi connectivity index (χ1n) is 9.12. The number of nitrogens with one attached hydrogen (secondary N) is 1. The fourth-order valence-electron chi connectivity index (χ4n) is 5.75.